The molecule has 1 rings (SSSR count). The molecular weight excluding hydrogens is 272 g/mol. The molecule has 7 heteroatoms. The Morgan fingerprint density at radius 3 is 2.75 bits per heavy atom. The lowest BCUT2D eigenvalue weighted by Crippen LogP contribution is -2.26. The Hall–Kier alpha value is -2.18. The van der Waals surface area contributed by atoms with Gasteiger partial charge in [-0.3, -0.25) is 9.59 Å². The first-order valence-electron chi connectivity index (χ1n) is 6.01. The summed E-state index contributed by atoms with van der Waals surface area (Å²) in [5.74, 6) is -0.991. The molecule has 0 saturated carbocycles. The van der Waals surface area contributed by atoms with Gasteiger partial charge in [0.15, 0.2) is 0 Å². The highest BCUT2D eigenvalue weighted by atomic mass is 19.3. The van der Waals surface area contributed by atoms with Crippen LogP contribution in [0, 0.1) is 0 Å². The van der Waals surface area contributed by atoms with Crippen LogP contribution in [0.25, 0.3) is 0 Å². The number of carbonyl (C=O) groups excluding carboxylic acids is 2. The van der Waals surface area contributed by atoms with Gasteiger partial charge in [0.2, 0.25) is 0 Å². The van der Waals surface area contributed by atoms with Gasteiger partial charge in [-0.25, -0.2) is 0 Å². The monoisotopic (exact) mass is 287 g/mol. The number of nitrogens with one attached hydrogen (secondary N) is 1. The molecule has 0 spiro atoms. The summed E-state index contributed by atoms with van der Waals surface area (Å²) in [7, 11) is 0. The van der Waals surface area contributed by atoms with Crippen LogP contribution in [0.2, 0.25) is 0 Å². The van der Waals surface area contributed by atoms with E-state index >= 15 is 0 Å². The maximum atomic E-state index is 12.0. The van der Waals surface area contributed by atoms with Gasteiger partial charge in [0.1, 0.15) is 5.75 Å². The van der Waals surface area contributed by atoms with Crippen molar-refractivity contribution < 1.29 is 27.8 Å². The molecule has 1 amide bonds. The van der Waals surface area contributed by atoms with Crippen LogP contribution in [0.15, 0.2) is 24.3 Å². The molecule has 0 radical (unpaired) electrons. The first-order valence-corrected chi connectivity index (χ1v) is 6.01. The molecule has 0 aromatic heterocycles. The van der Waals surface area contributed by atoms with Crippen LogP contribution >= 0.6 is 0 Å². The zero-order valence-corrected chi connectivity index (χ0v) is 10.9. The minimum absolute atomic E-state index is 0.0484. The number of alkyl halides is 2. The van der Waals surface area contributed by atoms with Crippen molar-refractivity contribution in [1.29, 1.82) is 0 Å². The number of carbonyl (C=O) groups is 2. The highest BCUT2D eigenvalue weighted by molar-refractivity contribution is 5.94. The molecule has 1 aromatic carbocycles. The van der Waals surface area contributed by atoms with Crippen molar-refractivity contribution in [3.05, 3.63) is 29.8 Å². The third-order valence-corrected chi connectivity index (χ3v) is 2.24. The summed E-state index contributed by atoms with van der Waals surface area (Å²) in [4.78, 5) is 22.8. The molecule has 0 saturated heterocycles. The van der Waals surface area contributed by atoms with E-state index in [1.54, 1.807) is 6.92 Å². The van der Waals surface area contributed by atoms with E-state index in [0.29, 0.717) is 0 Å². The van der Waals surface area contributed by atoms with Gasteiger partial charge in [0, 0.05) is 12.1 Å². The summed E-state index contributed by atoms with van der Waals surface area (Å²) in [6.45, 7) is -0.875. The highest BCUT2D eigenvalue weighted by Gasteiger charge is 2.10. The average molecular weight is 287 g/mol. The van der Waals surface area contributed by atoms with Crippen molar-refractivity contribution in [3.8, 4) is 5.75 Å². The third kappa shape index (κ3) is 5.64. The molecule has 1 N–H and O–H groups in total. The predicted molar refractivity (Wildman–Crippen MR) is 66.7 cm³/mol. The van der Waals surface area contributed by atoms with Crippen molar-refractivity contribution >= 4 is 11.9 Å². The standard InChI is InChI=1S/C13H15F2NO4/c1-2-19-11(17)6-7-16-12(18)9-4-3-5-10(8-9)20-13(14)15/h3-5,8,13H,2,6-7H2,1H3,(H,16,18). The number of halogens is 2. The quantitative estimate of drug-likeness (QED) is 0.779. The number of amides is 1. The number of hydrogen-bond acceptors (Lipinski definition) is 4. The van der Waals surface area contributed by atoms with E-state index in [9.17, 15) is 18.4 Å². The fourth-order valence-corrected chi connectivity index (χ4v) is 1.43. The van der Waals surface area contributed by atoms with Crippen LogP contribution in [-0.4, -0.2) is 31.6 Å². The second-order valence-corrected chi connectivity index (χ2v) is 3.72. The molecule has 0 atom stereocenters. The Labute approximate surface area is 114 Å². The molecule has 0 aliphatic heterocycles. The van der Waals surface area contributed by atoms with Gasteiger partial charge in [-0.1, -0.05) is 6.07 Å². The normalized spacial score (nSPS) is 10.2. The highest BCUT2D eigenvalue weighted by Crippen LogP contribution is 2.15. The average Bonchev–Trinajstić information content (AvgIpc) is 2.38. The smallest absolute Gasteiger partial charge is 0.387 e. The molecule has 0 aliphatic rings. The Bertz CT molecular complexity index is 465. The number of ether oxygens (including phenoxy) is 2. The van der Waals surface area contributed by atoms with Crippen molar-refractivity contribution in [2.45, 2.75) is 20.0 Å². The Morgan fingerprint density at radius 1 is 1.35 bits per heavy atom. The minimum Gasteiger partial charge on any atom is -0.466 e. The summed E-state index contributed by atoms with van der Waals surface area (Å²) in [6.07, 6.45) is 0.0484. The van der Waals surface area contributed by atoms with E-state index in [-0.39, 0.29) is 30.9 Å². The Kier molecular flexibility index (Phi) is 6.42. The number of esters is 1. The summed E-state index contributed by atoms with van der Waals surface area (Å²) in [6, 6.07) is 5.41. The van der Waals surface area contributed by atoms with Crippen molar-refractivity contribution in [2.75, 3.05) is 13.2 Å². The molecule has 0 bridgehead atoms. The van der Waals surface area contributed by atoms with E-state index in [4.69, 9.17) is 4.74 Å². The van der Waals surface area contributed by atoms with Gasteiger partial charge >= 0.3 is 12.6 Å². The SMILES string of the molecule is CCOC(=O)CCNC(=O)c1cccc(OC(F)F)c1. The molecule has 0 aliphatic carbocycles. The summed E-state index contributed by atoms with van der Waals surface area (Å²) >= 11 is 0. The second-order valence-electron chi connectivity index (χ2n) is 3.72. The Balaban J connectivity index is 2.49. The maximum absolute atomic E-state index is 12.0. The van der Waals surface area contributed by atoms with Crippen LogP contribution in [0.5, 0.6) is 5.75 Å². The van der Waals surface area contributed by atoms with Gasteiger partial charge < -0.3 is 14.8 Å². The van der Waals surface area contributed by atoms with Crippen LogP contribution in [0.4, 0.5) is 8.78 Å². The predicted octanol–water partition coefficient (Wildman–Crippen LogP) is 1.97. The van der Waals surface area contributed by atoms with E-state index in [2.05, 4.69) is 10.1 Å². The topological polar surface area (TPSA) is 64.6 Å². The van der Waals surface area contributed by atoms with Gasteiger partial charge in [0.25, 0.3) is 5.91 Å². The first kappa shape index (κ1) is 15.9. The zero-order chi connectivity index (χ0) is 15.0. The summed E-state index contributed by atoms with van der Waals surface area (Å²) in [5, 5.41) is 2.49. The number of benzene rings is 1. The fourth-order valence-electron chi connectivity index (χ4n) is 1.43. The van der Waals surface area contributed by atoms with Crippen molar-refractivity contribution in [2.24, 2.45) is 0 Å². The number of hydrogen-bond donors (Lipinski definition) is 1. The molecule has 0 heterocycles. The molecular formula is C13H15F2NO4. The molecule has 0 unspecified atom stereocenters. The summed E-state index contributed by atoms with van der Waals surface area (Å²) in [5.41, 5.74) is 0.173. The van der Waals surface area contributed by atoms with Crippen molar-refractivity contribution in [3.63, 3.8) is 0 Å². The van der Waals surface area contributed by atoms with Crippen molar-refractivity contribution in [1.82, 2.24) is 5.32 Å². The lowest BCUT2D eigenvalue weighted by Gasteiger charge is -2.07. The molecule has 110 valence electrons. The van der Waals surface area contributed by atoms with Gasteiger partial charge in [-0.2, -0.15) is 8.78 Å². The minimum atomic E-state index is -2.95. The van der Waals surface area contributed by atoms with Gasteiger partial charge in [-0.05, 0) is 25.1 Å². The molecule has 20 heavy (non-hydrogen) atoms. The van der Waals surface area contributed by atoms with E-state index in [1.165, 1.54) is 24.3 Å². The van der Waals surface area contributed by atoms with Gasteiger partial charge in [0.05, 0.1) is 13.0 Å². The van der Waals surface area contributed by atoms with Crippen LogP contribution in [0.3, 0.4) is 0 Å². The second kappa shape index (κ2) is 8.08. The van der Waals surface area contributed by atoms with E-state index in [0.717, 1.165) is 0 Å². The molecule has 5 nitrogen and oxygen atoms in total. The maximum Gasteiger partial charge on any atom is 0.387 e. The van der Waals surface area contributed by atoms with E-state index < -0.39 is 18.5 Å². The first-order chi connectivity index (χ1) is 9.52. The van der Waals surface area contributed by atoms with Gasteiger partial charge in [-0.15, -0.1) is 0 Å². The van der Waals surface area contributed by atoms with Crippen LogP contribution < -0.4 is 10.1 Å². The van der Waals surface area contributed by atoms with Crippen LogP contribution in [0.1, 0.15) is 23.7 Å². The molecule has 1 aromatic rings. The largest absolute Gasteiger partial charge is 0.466 e. The van der Waals surface area contributed by atoms with Crippen LogP contribution in [-0.2, 0) is 9.53 Å². The summed E-state index contributed by atoms with van der Waals surface area (Å²) < 4.78 is 33.0. The lowest BCUT2D eigenvalue weighted by molar-refractivity contribution is -0.142. The van der Waals surface area contributed by atoms with E-state index in [1.807, 2.05) is 0 Å². The Morgan fingerprint density at radius 2 is 2.10 bits per heavy atom. The number of rotatable bonds is 7. The lowest BCUT2D eigenvalue weighted by atomic mass is 10.2. The fraction of sp³-hybridized carbons (Fsp3) is 0.385. The third-order valence-electron chi connectivity index (χ3n) is 2.24. The zero-order valence-electron chi connectivity index (χ0n) is 10.9. The molecule has 0 fully saturated rings.